The zero-order chi connectivity index (χ0) is 22.7. The highest BCUT2D eigenvalue weighted by Gasteiger charge is 2.39. The number of nitrogens with one attached hydrogen (secondary N) is 1. The number of unbranched alkanes of at least 4 members (excludes halogenated alkanes) is 1. The average molecular weight is 448 g/mol. The minimum atomic E-state index is -3.95. The van der Waals surface area contributed by atoms with Crippen molar-refractivity contribution in [2.24, 2.45) is 29.2 Å². The Labute approximate surface area is 181 Å². The van der Waals surface area contributed by atoms with Gasteiger partial charge in [-0.1, -0.05) is 52.4 Å². The van der Waals surface area contributed by atoms with Gasteiger partial charge in [-0.3, -0.25) is 14.2 Å². The summed E-state index contributed by atoms with van der Waals surface area (Å²) in [7, 11) is -3.95. The fourth-order valence-corrected chi connectivity index (χ4v) is 6.39. The van der Waals surface area contributed by atoms with Crippen LogP contribution in [0.15, 0.2) is 0 Å². The molecule has 9 heteroatoms. The van der Waals surface area contributed by atoms with Crippen molar-refractivity contribution in [3.8, 4) is 0 Å². The second-order valence-electron chi connectivity index (χ2n) is 9.26. The van der Waals surface area contributed by atoms with E-state index in [1.165, 1.54) is 0 Å². The molecule has 1 saturated carbocycles. The van der Waals surface area contributed by atoms with Crippen molar-refractivity contribution in [1.29, 1.82) is 0 Å². The topological polar surface area (TPSA) is 156 Å². The lowest BCUT2D eigenvalue weighted by atomic mass is 9.87. The fourth-order valence-electron chi connectivity index (χ4n) is 4.24. The van der Waals surface area contributed by atoms with Gasteiger partial charge in [0, 0.05) is 6.16 Å². The van der Waals surface area contributed by atoms with Crippen molar-refractivity contribution in [2.75, 3.05) is 12.7 Å². The van der Waals surface area contributed by atoms with Crippen LogP contribution in [0.2, 0.25) is 0 Å². The number of hydrogen-bond acceptors (Lipinski definition) is 5. The molecule has 0 aromatic rings. The standard InChI is InChI=1S/C21H42N3O5P/c1-15(2)12-17(21(26)27)14-30(28,29)19(13-16-8-4-3-5-9-16)24-20(25)18(23)10-6-7-11-22/h15-19H,3-14,22-23H2,1-2H3,(H,24,25)(H,26,27)(H,28,29)/t17?,18-,19?/m0/s1. The monoisotopic (exact) mass is 447 g/mol. The number of amides is 1. The van der Waals surface area contributed by atoms with Crippen LogP contribution in [0.25, 0.3) is 0 Å². The molecule has 0 radical (unpaired) electrons. The maximum absolute atomic E-state index is 13.3. The molecule has 8 nitrogen and oxygen atoms in total. The van der Waals surface area contributed by atoms with E-state index in [2.05, 4.69) is 5.32 Å². The number of nitrogens with two attached hydrogens (primary N) is 2. The van der Waals surface area contributed by atoms with Crippen LogP contribution in [-0.2, 0) is 14.2 Å². The van der Waals surface area contributed by atoms with E-state index in [1.807, 2.05) is 13.8 Å². The fraction of sp³-hybridized carbons (Fsp3) is 0.905. The predicted molar refractivity (Wildman–Crippen MR) is 119 cm³/mol. The van der Waals surface area contributed by atoms with Crippen molar-refractivity contribution in [1.82, 2.24) is 5.32 Å². The first-order valence-electron chi connectivity index (χ1n) is 11.4. The van der Waals surface area contributed by atoms with Gasteiger partial charge in [-0.2, -0.15) is 0 Å². The van der Waals surface area contributed by atoms with Gasteiger partial charge in [0.05, 0.1) is 12.0 Å². The Morgan fingerprint density at radius 3 is 2.33 bits per heavy atom. The van der Waals surface area contributed by atoms with E-state index >= 15 is 0 Å². The highest BCUT2D eigenvalue weighted by molar-refractivity contribution is 7.58. The van der Waals surface area contributed by atoms with Crippen molar-refractivity contribution in [3.63, 3.8) is 0 Å². The van der Waals surface area contributed by atoms with Crippen LogP contribution in [0.3, 0.4) is 0 Å². The van der Waals surface area contributed by atoms with Gasteiger partial charge in [-0.25, -0.2) is 0 Å². The molecule has 176 valence electrons. The lowest BCUT2D eigenvalue weighted by Gasteiger charge is -2.32. The molecule has 3 unspecified atom stereocenters. The largest absolute Gasteiger partial charge is 0.481 e. The number of carbonyl (C=O) groups is 2. The molecule has 0 aromatic carbocycles. The number of carboxylic acid groups (broad SMARTS) is 1. The first-order chi connectivity index (χ1) is 14.1. The number of carbonyl (C=O) groups excluding carboxylic acids is 1. The summed E-state index contributed by atoms with van der Waals surface area (Å²) < 4.78 is 13.3. The number of hydrogen-bond donors (Lipinski definition) is 5. The van der Waals surface area contributed by atoms with Crippen LogP contribution in [0, 0.1) is 17.8 Å². The third-order valence-corrected chi connectivity index (χ3v) is 8.25. The van der Waals surface area contributed by atoms with Crippen molar-refractivity contribution in [3.05, 3.63) is 0 Å². The van der Waals surface area contributed by atoms with Crippen LogP contribution >= 0.6 is 7.37 Å². The molecule has 0 aliphatic heterocycles. The molecule has 1 aliphatic rings. The molecule has 0 bridgehead atoms. The van der Waals surface area contributed by atoms with Gasteiger partial charge in [-0.15, -0.1) is 0 Å². The molecule has 0 aromatic heterocycles. The third-order valence-electron chi connectivity index (χ3n) is 5.97. The zero-order valence-corrected chi connectivity index (χ0v) is 19.5. The summed E-state index contributed by atoms with van der Waals surface area (Å²) in [5, 5.41) is 12.3. The van der Waals surface area contributed by atoms with E-state index in [9.17, 15) is 24.2 Å². The quantitative estimate of drug-likeness (QED) is 0.202. The molecule has 4 atom stereocenters. The van der Waals surface area contributed by atoms with Crippen molar-refractivity contribution < 1.29 is 24.2 Å². The van der Waals surface area contributed by atoms with Crippen molar-refractivity contribution >= 4 is 19.2 Å². The minimum absolute atomic E-state index is 0.0912. The molecule has 1 aliphatic carbocycles. The molecule has 0 heterocycles. The van der Waals surface area contributed by atoms with Crippen LogP contribution < -0.4 is 16.8 Å². The van der Waals surface area contributed by atoms with E-state index in [1.54, 1.807) is 0 Å². The second-order valence-corrected chi connectivity index (χ2v) is 11.8. The van der Waals surface area contributed by atoms with Crippen LogP contribution in [0.4, 0.5) is 0 Å². The van der Waals surface area contributed by atoms with Gasteiger partial charge in [0.25, 0.3) is 0 Å². The Morgan fingerprint density at radius 1 is 1.17 bits per heavy atom. The third kappa shape index (κ3) is 9.90. The van der Waals surface area contributed by atoms with E-state index in [-0.39, 0.29) is 18.0 Å². The van der Waals surface area contributed by atoms with Crippen molar-refractivity contribution in [2.45, 2.75) is 89.9 Å². The lowest BCUT2D eigenvalue weighted by molar-refractivity contribution is -0.141. The molecule has 0 saturated heterocycles. The lowest BCUT2D eigenvalue weighted by Crippen LogP contribution is -2.46. The van der Waals surface area contributed by atoms with E-state index in [0.717, 1.165) is 38.5 Å². The molecule has 1 amide bonds. The highest BCUT2D eigenvalue weighted by Crippen LogP contribution is 2.50. The molecular weight excluding hydrogens is 405 g/mol. The smallest absolute Gasteiger partial charge is 0.307 e. The van der Waals surface area contributed by atoms with Crippen LogP contribution in [0.1, 0.15) is 78.1 Å². The summed E-state index contributed by atoms with van der Waals surface area (Å²) in [4.78, 5) is 35.2. The number of aliphatic carboxylic acids is 1. The van der Waals surface area contributed by atoms with Gasteiger partial charge in [0.15, 0.2) is 0 Å². The number of carboxylic acids is 1. The zero-order valence-electron chi connectivity index (χ0n) is 18.6. The summed E-state index contributed by atoms with van der Waals surface area (Å²) >= 11 is 0. The maximum atomic E-state index is 13.3. The molecular formula is C21H42N3O5P. The van der Waals surface area contributed by atoms with Gasteiger partial charge < -0.3 is 26.8 Å². The SMILES string of the molecule is CC(C)CC(CP(=O)(O)C(CC1CCCCC1)NC(=O)[C@@H](N)CCCCN)C(=O)O. The molecule has 7 N–H and O–H groups in total. The Balaban J connectivity index is 2.92. The minimum Gasteiger partial charge on any atom is -0.481 e. The van der Waals surface area contributed by atoms with E-state index < -0.39 is 37.0 Å². The van der Waals surface area contributed by atoms with E-state index in [0.29, 0.717) is 32.2 Å². The van der Waals surface area contributed by atoms with Gasteiger partial charge in [-0.05, 0) is 44.1 Å². The first kappa shape index (κ1) is 27.1. The van der Waals surface area contributed by atoms with Crippen LogP contribution in [0.5, 0.6) is 0 Å². The molecule has 1 fully saturated rings. The van der Waals surface area contributed by atoms with Gasteiger partial charge >= 0.3 is 5.97 Å². The number of rotatable bonds is 14. The Hall–Kier alpha value is -0.950. The summed E-state index contributed by atoms with van der Waals surface area (Å²) in [5.41, 5.74) is 11.5. The average Bonchev–Trinajstić information content (AvgIpc) is 2.67. The summed E-state index contributed by atoms with van der Waals surface area (Å²) in [5.74, 6) is -3.04. The molecule has 0 spiro atoms. The Morgan fingerprint density at radius 2 is 1.80 bits per heavy atom. The van der Waals surface area contributed by atoms with Gasteiger partial charge in [0.1, 0.15) is 5.78 Å². The summed E-state index contributed by atoms with van der Waals surface area (Å²) in [6.45, 7) is 4.30. The molecule has 1 rings (SSSR count). The van der Waals surface area contributed by atoms with Gasteiger partial charge in [0.2, 0.25) is 13.3 Å². The Bertz CT molecular complexity index is 581. The Kier molecular flexibility index (Phi) is 12.2. The normalized spacial score (nSPS) is 20.3. The maximum Gasteiger partial charge on any atom is 0.307 e. The molecule has 30 heavy (non-hydrogen) atoms. The summed E-state index contributed by atoms with van der Waals surface area (Å²) in [6.07, 6.45) is 7.55. The highest BCUT2D eigenvalue weighted by atomic mass is 31.2. The first-order valence-corrected chi connectivity index (χ1v) is 13.3. The second kappa shape index (κ2) is 13.5. The van der Waals surface area contributed by atoms with Crippen LogP contribution in [-0.4, -0.2) is 46.4 Å². The predicted octanol–water partition coefficient (Wildman–Crippen LogP) is 2.87. The van der Waals surface area contributed by atoms with E-state index in [4.69, 9.17) is 11.5 Å². The summed E-state index contributed by atoms with van der Waals surface area (Å²) in [6, 6.07) is -0.767.